The summed E-state index contributed by atoms with van der Waals surface area (Å²) < 4.78 is 0. The number of fused-ring (bicyclic) bond motifs is 1. The van der Waals surface area contributed by atoms with E-state index in [1.807, 2.05) is 0 Å². The van der Waals surface area contributed by atoms with Crippen molar-refractivity contribution in [1.29, 1.82) is 0 Å². The van der Waals surface area contributed by atoms with Crippen molar-refractivity contribution in [3.05, 3.63) is 10.6 Å². The summed E-state index contributed by atoms with van der Waals surface area (Å²) in [6.07, 6.45) is 2.68. The number of aromatic nitrogens is 1. The summed E-state index contributed by atoms with van der Waals surface area (Å²) in [5.41, 5.74) is 0.930. The van der Waals surface area contributed by atoms with Gasteiger partial charge in [-0.3, -0.25) is 0 Å². The van der Waals surface area contributed by atoms with Crippen LogP contribution in [0.5, 0.6) is 0 Å². The smallest absolute Gasteiger partial charge is 0.185 e. The molecule has 17 heavy (non-hydrogen) atoms. The Balaban J connectivity index is 2.23. The minimum atomic E-state index is -0.341. The molecular formula is C13H22N2OS. The third kappa shape index (κ3) is 2.47. The highest BCUT2D eigenvalue weighted by atomic mass is 32.1. The number of nitrogens with zero attached hydrogens (tertiary/aromatic N) is 2. The zero-order chi connectivity index (χ0) is 12.6. The predicted molar refractivity (Wildman–Crippen MR) is 72.7 cm³/mol. The van der Waals surface area contributed by atoms with Crippen molar-refractivity contribution in [2.24, 2.45) is 5.92 Å². The van der Waals surface area contributed by atoms with Crippen LogP contribution in [0.4, 0.5) is 5.13 Å². The van der Waals surface area contributed by atoms with Crippen LogP contribution >= 0.6 is 11.3 Å². The first-order chi connectivity index (χ1) is 8.00. The standard InChI is InChI=1S/C13H22N2OS/c1-8(2)9(3)15(4)13-14-12-10(16)6-5-7-11(12)17-13/h8-10,16H,5-7H2,1-4H3. The van der Waals surface area contributed by atoms with Crippen molar-refractivity contribution < 1.29 is 5.11 Å². The Morgan fingerprint density at radius 3 is 2.71 bits per heavy atom. The van der Waals surface area contributed by atoms with Crippen LogP contribution in [-0.4, -0.2) is 23.2 Å². The van der Waals surface area contributed by atoms with E-state index in [9.17, 15) is 5.11 Å². The molecule has 0 saturated heterocycles. The Hall–Kier alpha value is -0.610. The van der Waals surface area contributed by atoms with E-state index in [4.69, 9.17) is 0 Å². The number of hydrogen-bond acceptors (Lipinski definition) is 4. The molecule has 1 heterocycles. The Morgan fingerprint density at radius 1 is 1.41 bits per heavy atom. The molecule has 96 valence electrons. The Morgan fingerprint density at radius 2 is 2.12 bits per heavy atom. The van der Waals surface area contributed by atoms with Gasteiger partial charge in [0.05, 0.1) is 11.8 Å². The van der Waals surface area contributed by atoms with Gasteiger partial charge in [0.15, 0.2) is 5.13 Å². The lowest BCUT2D eigenvalue weighted by molar-refractivity contribution is 0.153. The lowest BCUT2D eigenvalue weighted by atomic mass is 10.0. The van der Waals surface area contributed by atoms with Gasteiger partial charge in [-0.2, -0.15) is 0 Å². The first-order valence-electron chi connectivity index (χ1n) is 6.41. The molecule has 2 rings (SSSR count). The van der Waals surface area contributed by atoms with Crippen LogP contribution in [0.2, 0.25) is 0 Å². The van der Waals surface area contributed by atoms with Crippen molar-refractivity contribution >= 4 is 16.5 Å². The molecule has 1 N–H and O–H groups in total. The monoisotopic (exact) mass is 254 g/mol. The zero-order valence-corrected chi connectivity index (χ0v) is 11.9. The molecule has 2 unspecified atom stereocenters. The second-order valence-electron chi connectivity index (χ2n) is 5.31. The summed E-state index contributed by atoms with van der Waals surface area (Å²) in [7, 11) is 2.10. The van der Waals surface area contributed by atoms with Crippen LogP contribution in [0.15, 0.2) is 0 Å². The molecule has 1 aromatic heterocycles. The largest absolute Gasteiger partial charge is 0.387 e. The second kappa shape index (κ2) is 4.94. The third-order valence-corrected chi connectivity index (χ3v) is 5.01. The molecule has 0 fully saturated rings. The molecule has 0 radical (unpaired) electrons. The lowest BCUT2D eigenvalue weighted by Gasteiger charge is -2.27. The van der Waals surface area contributed by atoms with Crippen LogP contribution in [0.3, 0.4) is 0 Å². The molecule has 1 aromatic rings. The molecule has 4 heteroatoms. The van der Waals surface area contributed by atoms with Crippen LogP contribution in [0.1, 0.15) is 50.3 Å². The van der Waals surface area contributed by atoms with E-state index in [1.165, 1.54) is 4.88 Å². The summed E-state index contributed by atoms with van der Waals surface area (Å²) in [4.78, 5) is 8.15. The van der Waals surface area contributed by atoms with Crippen LogP contribution in [0, 0.1) is 5.92 Å². The van der Waals surface area contributed by atoms with Gasteiger partial charge < -0.3 is 10.0 Å². The second-order valence-corrected chi connectivity index (χ2v) is 6.37. The summed E-state index contributed by atoms with van der Waals surface area (Å²) in [6, 6.07) is 0.472. The number of thiazole rings is 1. The minimum absolute atomic E-state index is 0.341. The van der Waals surface area contributed by atoms with Gasteiger partial charge in [0.2, 0.25) is 0 Å². The normalized spacial score (nSPS) is 21.4. The Labute approximate surface area is 107 Å². The summed E-state index contributed by atoms with van der Waals surface area (Å²) in [5, 5.41) is 11.0. The van der Waals surface area contributed by atoms with Crippen molar-refractivity contribution in [3.8, 4) is 0 Å². The van der Waals surface area contributed by atoms with Gasteiger partial charge in [0, 0.05) is 18.0 Å². The number of rotatable bonds is 3. The highest BCUT2D eigenvalue weighted by Gasteiger charge is 2.25. The predicted octanol–water partition coefficient (Wildman–Crippen LogP) is 2.99. The highest BCUT2D eigenvalue weighted by molar-refractivity contribution is 7.15. The van der Waals surface area contributed by atoms with E-state index in [0.29, 0.717) is 12.0 Å². The molecule has 0 amide bonds. The maximum absolute atomic E-state index is 9.93. The topological polar surface area (TPSA) is 36.4 Å². The molecular weight excluding hydrogens is 232 g/mol. The van der Waals surface area contributed by atoms with Gasteiger partial charge in [0.1, 0.15) is 0 Å². The third-order valence-electron chi connectivity index (χ3n) is 3.79. The minimum Gasteiger partial charge on any atom is -0.387 e. The van der Waals surface area contributed by atoms with E-state index >= 15 is 0 Å². The zero-order valence-electron chi connectivity index (χ0n) is 11.1. The fraction of sp³-hybridized carbons (Fsp3) is 0.769. The van der Waals surface area contributed by atoms with Crippen molar-refractivity contribution in [2.45, 2.75) is 52.2 Å². The first kappa shape index (κ1) is 12.8. The van der Waals surface area contributed by atoms with Crippen molar-refractivity contribution in [3.63, 3.8) is 0 Å². The van der Waals surface area contributed by atoms with Gasteiger partial charge in [0.25, 0.3) is 0 Å². The fourth-order valence-electron chi connectivity index (χ4n) is 2.16. The summed E-state index contributed by atoms with van der Waals surface area (Å²) >= 11 is 1.75. The fourth-order valence-corrected chi connectivity index (χ4v) is 3.36. The van der Waals surface area contributed by atoms with E-state index in [-0.39, 0.29) is 6.10 Å². The number of aliphatic hydroxyl groups is 1. The van der Waals surface area contributed by atoms with E-state index in [1.54, 1.807) is 11.3 Å². The molecule has 0 aliphatic heterocycles. The average molecular weight is 254 g/mol. The van der Waals surface area contributed by atoms with E-state index in [0.717, 1.165) is 30.1 Å². The highest BCUT2D eigenvalue weighted by Crippen LogP contribution is 2.37. The molecule has 1 aliphatic rings. The molecule has 0 bridgehead atoms. The van der Waals surface area contributed by atoms with E-state index < -0.39 is 0 Å². The Bertz CT molecular complexity index is 389. The quantitative estimate of drug-likeness (QED) is 0.901. The molecule has 1 aliphatic carbocycles. The Kier molecular flexibility index (Phi) is 3.73. The van der Waals surface area contributed by atoms with Crippen LogP contribution in [0.25, 0.3) is 0 Å². The summed E-state index contributed by atoms with van der Waals surface area (Å²) in [6.45, 7) is 6.68. The number of aryl methyl sites for hydroxylation is 1. The lowest BCUT2D eigenvalue weighted by Crippen LogP contribution is -2.33. The average Bonchev–Trinajstić information content (AvgIpc) is 2.72. The first-order valence-corrected chi connectivity index (χ1v) is 7.23. The van der Waals surface area contributed by atoms with Gasteiger partial charge in [-0.1, -0.05) is 13.8 Å². The molecule has 2 atom stereocenters. The van der Waals surface area contributed by atoms with E-state index in [2.05, 4.69) is 37.7 Å². The van der Waals surface area contributed by atoms with Gasteiger partial charge >= 0.3 is 0 Å². The van der Waals surface area contributed by atoms with Gasteiger partial charge in [-0.05, 0) is 32.1 Å². The molecule has 0 saturated carbocycles. The molecule has 0 spiro atoms. The SMILES string of the molecule is CC(C)C(C)N(C)c1nc2c(s1)CCCC2O. The molecule has 0 aromatic carbocycles. The van der Waals surface area contributed by atoms with Crippen molar-refractivity contribution in [1.82, 2.24) is 4.98 Å². The number of anilines is 1. The maximum atomic E-state index is 9.93. The number of hydrogen-bond donors (Lipinski definition) is 1. The van der Waals surface area contributed by atoms with Gasteiger partial charge in [-0.25, -0.2) is 4.98 Å². The van der Waals surface area contributed by atoms with Crippen LogP contribution in [-0.2, 0) is 6.42 Å². The number of aliphatic hydroxyl groups excluding tert-OH is 1. The van der Waals surface area contributed by atoms with Gasteiger partial charge in [-0.15, -0.1) is 11.3 Å². The van der Waals surface area contributed by atoms with Crippen molar-refractivity contribution in [2.75, 3.05) is 11.9 Å². The summed E-state index contributed by atoms with van der Waals surface area (Å²) in [5.74, 6) is 0.603. The maximum Gasteiger partial charge on any atom is 0.185 e. The van der Waals surface area contributed by atoms with Crippen LogP contribution < -0.4 is 4.90 Å². The molecule has 3 nitrogen and oxygen atoms in total.